The molecule has 3 aromatic rings. The van der Waals surface area contributed by atoms with Gasteiger partial charge in [-0.15, -0.1) is 0 Å². The van der Waals surface area contributed by atoms with Crippen LogP contribution in [0.25, 0.3) is 11.4 Å². The Morgan fingerprint density at radius 3 is 2.18 bits per heavy atom. The summed E-state index contributed by atoms with van der Waals surface area (Å²) in [6.45, 7) is 6.44. The maximum absolute atomic E-state index is 14.0. The van der Waals surface area contributed by atoms with Crippen molar-refractivity contribution in [3.63, 3.8) is 0 Å². The normalized spacial score (nSPS) is 12.5. The van der Waals surface area contributed by atoms with Crippen LogP contribution < -0.4 is 10.6 Å². The van der Waals surface area contributed by atoms with Crippen LogP contribution in [0.1, 0.15) is 33.3 Å². The Morgan fingerprint density at radius 2 is 1.58 bits per heavy atom. The largest absolute Gasteiger partial charge is 0.349 e. The van der Waals surface area contributed by atoms with Crippen LogP contribution in [0.2, 0.25) is 0 Å². The number of nitrogens with zero attached hydrogens (tertiary/aromatic N) is 3. The van der Waals surface area contributed by atoms with Crippen molar-refractivity contribution in [3.8, 4) is 11.4 Å². The summed E-state index contributed by atoms with van der Waals surface area (Å²) in [4.78, 5) is 12.7. The zero-order valence-corrected chi connectivity index (χ0v) is 19.6. The van der Waals surface area contributed by atoms with E-state index in [0.29, 0.717) is 5.56 Å². The summed E-state index contributed by atoms with van der Waals surface area (Å²) in [5.74, 6) is -3.58. The van der Waals surface area contributed by atoms with E-state index >= 15 is 0 Å². The molecule has 11 heteroatoms. The first kappa shape index (κ1) is 24.4. The molecule has 0 saturated carbocycles. The van der Waals surface area contributed by atoms with E-state index in [1.807, 2.05) is 20.8 Å². The van der Waals surface area contributed by atoms with Crippen LogP contribution in [-0.2, 0) is 15.8 Å². The second-order valence-electron chi connectivity index (χ2n) is 8.72. The van der Waals surface area contributed by atoms with Gasteiger partial charge < -0.3 is 10.6 Å². The predicted octanol–water partition coefficient (Wildman–Crippen LogP) is 5.15. The van der Waals surface area contributed by atoms with Gasteiger partial charge in [-0.1, -0.05) is 18.2 Å². The van der Waals surface area contributed by atoms with Crippen molar-refractivity contribution in [3.05, 3.63) is 53.8 Å². The van der Waals surface area contributed by atoms with E-state index in [2.05, 4.69) is 25.6 Å². The molecule has 0 fully saturated rings. The summed E-state index contributed by atoms with van der Waals surface area (Å²) < 4.78 is 65.4. The maximum Gasteiger partial charge on any atom is 0.270 e. The van der Waals surface area contributed by atoms with Crippen LogP contribution in [0.15, 0.2) is 47.4 Å². The van der Waals surface area contributed by atoms with Crippen molar-refractivity contribution in [2.24, 2.45) is 0 Å². The lowest BCUT2D eigenvalue weighted by Crippen LogP contribution is -2.27. The van der Waals surface area contributed by atoms with Crippen molar-refractivity contribution in [1.29, 1.82) is 0 Å². The average molecular weight is 480 g/mol. The Hall–Kier alpha value is -3.21. The fourth-order valence-corrected chi connectivity index (χ4v) is 3.53. The third kappa shape index (κ3) is 6.64. The van der Waals surface area contributed by atoms with Gasteiger partial charge in [-0.05, 0) is 45.0 Å². The standard InChI is InChI=1S/C22H24F3N5O2S/c1-21(2,3)30-20-28-18(13-7-6-8-14(9-13)22(4,24)25)27-19(29-20)26-16-10-15(23)11-17(12-16)33(5,31)32/h6-12H,1-5H3,(H2,26,27,28,29,30). The zero-order valence-electron chi connectivity index (χ0n) is 18.7. The number of nitrogens with one attached hydrogen (secondary N) is 2. The highest BCUT2D eigenvalue weighted by Gasteiger charge is 2.25. The minimum Gasteiger partial charge on any atom is -0.349 e. The molecule has 1 heterocycles. The lowest BCUT2D eigenvalue weighted by Gasteiger charge is -2.21. The summed E-state index contributed by atoms with van der Waals surface area (Å²) in [6, 6.07) is 8.88. The molecule has 176 valence electrons. The molecule has 0 amide bonds. The topological polar surface area (TPSA) is 96.9 Å². The molecule has 0 radical (unpaired) electrons. The minimum absolute atomic E-state index is 0.0227. The summed E-state index contributed by atoms with van der Waals surface area (Å²) >= 11 is 0. The predicted molar refractivity (Wildman–Crippen MR) is 121 cm³/mol. The van der Waals surface area contributed by atoms with Crippen LogP contribution in [0.3, 0.4) is 0 Å². The van der Waals surface area contributed by atoms with Gasteiger partial charge in [-0.25, -0.2) is 21.6 Å². The Labute approximate surface area is 190 Å². The first-order valence-electron chi connectivity index (χ1n) is 9.91. The van der Waals surface area contributed by atoms with Crippen LogP contribution >= 0.6 is 0 Å². The smallest absolute Gasteiger partial charge is 0.270 e. The molecule has 2 N–H and O–H groups in total. The number of rotatable bonds is 6. The summed E-state index contributed by atoms with van der Waals surface area (Å²) in [6.07, 6.45) is 0.967. The molecule has 1 aromatic heterocycles. The quantitative estimate of drug-likeness (QED) is 0.505. The van der Waals surface area contributed by atoms with Crippen LogP contribution in [-0.4, -0.2) is 35.2 Å². The molecule has 0 aliphatic carbocycles. The van der Waals surface area contributed by atoms with E-state index in [0.717, 1.165) is 25.3 Å². The molecule has 3 rings (SSSR count). The minimum atomic E-state index is -3.66. The summed E-state index contributed by atoms with van der Waals surface area (Å²) in [5, 5.41) is 5.87. The van der Waals surface area contributed by atoms with Crippen LogP contribution in [0.4, 0.5) is 30.8 Å². The molecule has 2 aromatic carbocycles. The van der Waals surface area contributed by atoms with E-state index in [4.69, 9.17) is 0 Å². The Bertz CT molecular complexity index is 1290. The third-order valence-corrected chi connectivity index (χ3v) is 5.40. The number of aromatic nitrogens is 3. The SMILES string of the molecule is CC(C)(C)Nc1nc(Nc2cc(F)cc(S(C)(=O)=O)c2)nc(-c2cccc(C(C)(F)F)c2)n1. The fourth-order valence-electron chi connectivity index (χ4n) is 2.86. The second-order valence-corrected chi connectivity index (χ2v) is 10.7. The number of hydrogen-bond donors (Lipinski definition) is 2. The summed E-state index contributed by atoms with van der Waals surface area (Å²) in [5.41, 5.74) is -0.213. The molecule has 0 atom stereocenters. The third-order valence-electron chi connectivity index (χ3n) is 4.31. The van der Waals surface area contributed by atoms with Gasteiger partial charge in [0.05, 0.1) is 4.90 Å². The van der Waals surface area contributed by atoms with Gasteiger partial charge in [0.2, 0.25) is 11.9 Å². The van der Waals surface area contributed by atoms with Crippen LogP contribution in [0.5, 0.6) is 0 Å². The second kappa shape index (κ2) is 8.62. The summed E-state index contributed by atoms with van der Waals surface area (Å²) in [7, 11) is -3.66. The number of benzene rings is 2. The van der Waals surface area contributed by atoms with E-state index in [9.17, 15) is 21.6 Å². The van der Waals surface area contributed by atoms with Gasteiger partial charge in [0.1, 0.15) is 5.82 Å². The number of alkyl halides is 2. The molecule has 0 saturated heterocycles. The Kier molecular flexibility index (Phi) is 6.38. The number of hydrogen-bond acceptors (Lipinski definition) is 7. The molecule has 33 heavy (non-hydrogen) atoms. The molecule has 7 nitrogen and oxygen atoms in total. The number of sulfone groups is 1. The van der Waals surface area contributed by atoms with Gasteiger partial charge in [0, 0.05) is 35.5 Å². The van der Waals surface area contributed by atoms with Gasteiger partial charge >= 0.3 is 0 Å². The van der Waals surface area contributed by atoms with Crippen molar-refractivity contribution >= 4 is 27.4 Å². The molecule has 0 unspecified atom stereocenters. The van der Waals surface area contributed by atoms with Gasteiger partial charge in [0.25, 0.3) is 5.92 Å². The average Bonchev–Trinajstić information content (AvgIpc) is 2.64. The highest BCUT2D eigenvalue weighted by molar-refractivity contribution is 7.90. The highest BCUT2D eigenvalue weighted by atomic mass is 32.2. The highest BCUT2D eigenvalue weighted by Crippen LogP contribution is 2.30. The molecule has 0 bridgehead atoms. The van der Waals surface area contributed by atoms with Crippen molar-refractivity contribution in [2.75, 3.05) is 16.9 Å². The maximum atomic E-state index is 14.0. The molecule has 0 spiro atoms. The van der Waals surface area contributed by atoms with Crippen molar-refractivity contribution in [1.82, 2.24) is 15.0 Å². The number of anilines is 3. The van der Waals surface area contributed by atoms with Gasteiger partial charge in [-0.2, -0.15) is 15.0 Å². The number of halogens is 3. The molecule has 0 aliphatic heterocycles. The lowest BCUT2D eigenvalue weighted by molar-refractivity contribution is 0.0175. The monoisotopic (exact) mass is 479 g/mol. The first-order chi connectivity index (χ1) is 15.1. The Balaban J connectivity index is 2.10. The van der Waals surface area contributed by atoms with E-state index < -0.39 is 27.1 Å². The van der Waals surface area contributed by atoms with E-state index in [1.54, 1.807) is 6.07 Å². The van der Waals surface area contributed by atoms with Crippen molar-refractivity contribution < 1.29 is 21.6 Å². The Morgan fingerprint density at radius 1 is 0.909 bits per heavy atom. The van der Waals surface area contributed by atoms with Gasteiger partial charge in [-0.3, -0.25) is 0 Å². The fraction of sp³-hybridized carbons (Fsp3) is 0.318. The van der Waals surface area contributed by atoms with Gasteiger partial charge in [0.15, 0.2) is 15.7 Å². The molecule has 0 aliphatic rings. The molecular formula is C22H24F3N5O2S. The van der Waals surface area contributed by atoms with E-state index in [-0.39, 0.29) is 33.9 Å². The lowest BCUT2D eigenvalue weighted by atomic mass is 10.1. The van der Waals surface area contributed by atoms with Crippen LogP contribution in [0, 0.1) is 5.82 Å². The van der Waals surface area contributed by atoms with Crippen molar-refractivity contribution in [2.45, 2.75) is 44.1 Å². The zero-order chi connectivity index (χ0) is 24.6. The molecular weight excluding hydrogens is 455 g/mol. The first-order valence-corrected chi connectivity index (χ1v) is 11.8. The van der Waals surface area contributed by atoms with E-state index in [1.165, 1.54) is 24.3 Å².